The van der Waals surface area contributed by atoms with Crippen LogP contribution in [0.15, 0.2) is 54.6 Å². The van der Waals surface area contributed by atoms with Crippen molar-refractivity contribution in [1.82, 2.24) is 10.0 Å². The van der Waals surface area contributed by atoms with E-state index >= 15 is 0 Å². The number of benzene rings is 2. The van der Waals surface area contributed by atoms with Crippen LogP contribution in [0.3, 0.4) is 0 Å². The minimum Gasteiger partial charge on any atom is -0.352 e. The summed E-state index contributed by atoms with van der Waals surface area (Å²) in [7, 11) is -3.43. The lowest BCUT2D eigenvalue weighted by Gasteiger charge is -2.15. The zero-order valence-electron chi connectivity index (χ0n) is 16.1. The molecule has 0 aromatic heterocycles. The van der Waals surface area contributed by atoms with Crippen LogP contribution in [0.1, 0.15) is 43.0 Å². The highest BCUT2D eigenvalue weighted by Crippen LogP contribution is 2.15. The number of carbonyl (C=O) groups is 1. The summed E-state index contributed by atoms with van der Waals surface area (Å²) >= 11 is 0. The van der Waals surface area contributed by atoms with E-state index < -0.39 is 10.0 Å². The summed E-state index contributed by atoms with van der Waals surface area (Å²) in [5, 5.41) is 2.83. The van der Waals surface area contributed by atoms with Crippen LogP contribution in [-0.2, 0) is 27.1 Å². The van der Waals surface area contributed by atoms with Gasteiger partial charge in [-0.2, -0.15) is 0 Å². The average Bonchev–Trinajstić information content (AvgIpc) is 2.60. The van der Waals surface area contributed by atoms with Gasteiger partial charge in [0.25, 0.3) is 0 Å². The fraction of sp³-hybridized carbons (Fsp3) is 0.350. The van der Waals surface area contributed by atoms with Gasteiger partial charge in [0.15, 0.2) is 0 Å². The Hall–Kier alpha value is -1.93. The molecular weight excluding hydrogens is 398 g/mol. The fourth-order valence-corrected chi connectivity index (χ4v) is 4.25. The van der Waals surface area contributed by atoms with Crippen LogP contribution in [0.25, 0.3) is 0 Å². The van der Waals surface area contributed by atoms with E-state index in [1.165, 1.54) is 0 Å². The first kappa shape index (κ1) is 24.1. The second-order valence-electron chi connectivity index (χ2n) is 6.80. The molecule has 2 aromatic rings. The van der Waals surface area contributed by atoms with Gasteiger partial charge in [-0.25, -0.2) is 13.1 Å². The summed E-state index contributed by atoms with van der Waals surface area (Å²) in [4.78, 5) is 12.2. The molecule has 0 bridgehead atoms. The van der Waals surface area contributed by atoms with Crippen LogP contribution in [0, 0.1) is 0 Å². The Balaban J connectivity index is 0.00000392. The number of carbonyl (C=O) groups excluding carboxylic acids is 1. The molecule has 2 aromatic carbocycles. The number of nitrogens with two attached hydrogens (primary N) is 1. The number of nitrogens with one attached hydrogen (secondary N) is 2. The minimum atomic E-state index is -3.43. The lowest BCUT2D eigenvalue weighted by Crippen LogP contribution is -2.32. The van der Waals surface area contributed by atoms with Gasteiger partial charge in [0, 0.05) is 25.0 Å². The van der Waals surface area contributed by atoms with Crippen LogP contribution in [-0.4, -0.2) is 20.4 Å². The Labute approximate surface area is 173 Å². The topological polar surface area (TPSA) is 101 Å². The summed E-state index contributed by atoms with van der Waals surface area (Å²) in [6.45, 7) is 3.81. The zero-order chi connectivity index (χ0) is 19.9. The molecule has 6 nitrogen and oxygen atoms in total. The Morgan fingerprint density at radius 1 is 1.00 bits per heavy atom. The first-order valence-corrected chi connectivity index (χ1v) is 10.6. The molecule has 1 atom stereocenters. The molecule has 0 saturated heterocycles. The molecule has 1 unspecified atom stereocenters. The van der Waals surface area contributed by atoms with E-state index in [2.05, 4.69) is 10.0 Å². The van der Waals surface area contributed by atoms with Gasteiger partial charge < -0.3 is 11.1 Å². The van der Waals surface area contributed by atoms with Gasteiger partial charge >= 0.3 is 0 Å². The molecule has 4 N–H and O–H groups in total. The molecule has 0 fully saturated rings. The van der Waals surface area contributed by atoms with Gasteiger partial charge in [0.05, 0.1) is 5.75 Å². The smallest absolute Gasteiger partial charge is 0.222 e. The molecule has 0 aliphatic carbocycles. The summed E-state index contributed by atoms with van der Waals surface area (Å²) < 4.78 is 26.9. The van der Waals surface area contributed by atoms with E-state index in [4.69, 9.17) is 5.73 Å². The van der Waals surface area contributed by atoms with Gasteiger partial charge in [-0.1, -0.05) is 54.6 Å². The van der Waals surface area contributed by atoms with Gasteiger partial charge in [-0.3, -0.25) is 4.79 Å². The maximum Gasteiger partial charge on any atom is 0.222 e. The lowest BCUT2D eigenvalue weighted by molar-refractivity contribution is -0.121. The van der Waals surface area contributed by atoms with Gasteiger partial charge in [-0.15, -0.1) is 12.4 Å². The molecule has 28 heavy (non-hydrogen) atoms. The highest BCUT2D eigenvalue weighted by Gasteiger charge is 2.16. The van der Waals surface area contributed by atoms with Crippen molar-refractivity contribution in [2.75, 3.05) is 0 Å². The Bertz CT molecular complexity index is 858. The predicted octanol–water partition coefficient (Wildman–Crippen LogP) is 2.64. The predicted molar refractivity (Wildman–Crippen MR) is 114 cm³/mol. The third kappa shape index (κ3) is 7.98. The number of amides is 1. The summed E-state index contributed by atoms with van der Waals surface area (Å²) in [5.74, 6) is -0.301. The van der Waals surface area contributed by atoms with E-state index in [-0.39, 0.29) is 49.1 Å². The van der Waals surface area contributed by atoms with E-state index in [1.807, 2.05) is 42.5 Å². The number of hydrogen-bond acceptors (Lipinski definition) is 4. The first-order chi connectivity index (χ1) is 12.8. The van der Waals surface area contributed by atoms with Crippen molar-refractivity contribution in [3.8, 4) is 0 Å². The van der Waals surface area contributed by atoms with Crippen LogP contribution >= 0.6 is 12.4 Å². The molecule has 0 saturated carbocycles. The van der Waals surface area contributed by atoms with Crippen molar-refractivity contribution in [2.24, 2.45) is 5.73 Å². The number of rotatable bonds is 9. The number of hydrogen-bond donors (Lipinski definition) is 3. The van der Waals surface area contributed by atoms with Crippen LogP contribution in [0.4, 0.5) is 0 Å². The molecule has 0 spiro atoms. The quantitative estimate of drug-likeness (QED) is 0.574. The van der Waals surface area contributed by atoms with Crippen molar-refractivity contribution in [3.63, 3.8) is 0 Å². The van der Waals surface area contributed by atoms with Crippen molar-refractivity contribution >= 4 is 28.3 Å². The van der Waals surface area contributed by atoms with Crippen molar-refractivity contribution in [1.29, 1.82) is 0 Å². The molecule has 8 heteroatoms. The largest absolute Gasteiger partial charge is 0.352 e. The van der Waals surface area contributed by atoms with Crippen LogP contribution in [0.2, 0.25) is 0 Å². The Morgan fingerprint density at radius 3 is 2.18 bits per heavy atom. The minimum absolute atomic E-state index is 0. The van der Waals surface area contributed by atoms with Crippen molar-refractivity contribution in [2.45, 2.75) is 44.6 Å². The van der Waals surface area contributed by atoms with E-state index in [1.54, 1.807) is 26.0 Å². The van der Waals surface area contributed by atoms with Crippen LogP contribution in [0.5, 0.6) is 0 Å². The first-order valence-electron chi connectivity index (χ1n) is 8.91. The zero-order valence-corrected chi connectivity index (χ0v) is 17.7. The van der Waals surface area contributed by atoms with Gasteiger partial charge in [-0.05, 0) is 30.5 Å². The maximum atomic E-state index is 12.2. The number of halogens is 1. The molecule has 2 rings (SSSR count). The second kappa shape index (κ2) is 11.2. The highest BCUT2D eigenvalue weighted by atomic mass is 35.5. The molecule has 0 heterocycles. The van der Waals surface area contributed by atoms with Crippen LogP contribution < -0.4 is 15.8 Å². The van der Waals surface area contributed by atoms with Gasteiger partial charge in [0.2, 0.25) is 15.9 Å². The molecule has 0 aliphatic heterocycles. The summed E-state index contributed by atoms with van der Waals surface area (Å²) in [6, 6.07) is 16.1. The normalized spacial score (nSPS) is 12.3. The third-order valence-corrected chi connectivity index (χ3v) is 5.51. The van der Waals surface area contributed by atoms with Gasteiger partial charge in [0.1, 0.15) is 0 Å². The maximum absolute atomic E-state index is 12.2. The summed E-state index contributed by atoms with van der Waals surface area (Å²) in [6.07, 6.45) is 0.166. The fourth-order valence-electron chi connectivity index (χ4n) is 2.76. The van der Waals surface area contributed by atoms with Crippen molar-refractivity contribution in [3.05, 3.63) is 71.3 Å². The van der Waals surface area contributed by atoms with E-state index in [9.17, 15) is 13.2 Å². The average molecular weight is 426 g/mol. The molecule has 0 aliphatic rings. The van der Waals surface area contributed by atoms with Crippen molar-refractivity contribution < 1.29 is 13.2 Å². The Kier molecular flexibility index (Phi) is 9.61. The molecule has 154 valence electrons. The lowest BCUT2D eigenvalue weighted by atomic mass is 10.0. The monoisotopic (exact) mass is 425 g/mol. The Morgan fingerprint density at radius 2 is 1.57 bits per heavy atom. The highest BCUT2D eigenvalue weighted by molar-refractivity contribution is 7.88. The molecule has 1 amide bonds. The standard InChI is InChI=1S/C20H27N3O3S.ClH/c1-15(2)23-27(25,26)14-18-11-7-6-10-17(18)13-22-20(24)12-19(21)16-8-4-3-5-9-16;/h3-11,15,19,23H,12-14,21H2,1-2H3,(H,22,24);1H. The van der Waals surface area contributed by atoms with E-state index in [0.717, 1.165) is 11.1 Å². The summed E-state index contributed by atoms with van der Waals surface area (Å²) in [5.41, 5.74) is 8.41. The third-order valence-electron chi connectivity index (χ3n) is 3.99. The SMILES string of the molecule is CC(C)NS(=O)(=O)Cc1ccccc1CNC(=O)CC(N)c1ccccc1.Cl. The molecular formula is C20H28ClN3O3S. The molecule has 0 radical (unpaired) electrons. The van der Waals surface area contributed by atoms with E-state index in [0.29, 0.717) is 5.56 Å². The second-order valence-corrected chi connectivity index (χ2v) is 8.55. The number of sulfonamides is 1.